The molecule has 4 saturated carbocycles. The molecule has 0 spiro atoms. The van der Waals surface area contributed by atoms with Gasteiger partial charge in [-0.1, -0.05) is 36.4 Å². The topological polar surface area (TPSA) is 9.23 Å². The van der Waals surface area contributed by atoms with Crippen LogP contribution in [0.1, 0.15) is 44.1 Å². The van der Waals surface area contributed by atoms with Gasteiger partial charge in [-0.05, 0) is 85.0 Å². The fraction of sp³-hybridized carbons (Fsp3) is 0.478. The predicted molar refractivity (Wildman–Crippen MR) is 98.3 cm³/mol. The molecule has 0 N–H and O–H groups in total. The molecule has 4 fully saturated rings. The van der Waals surface area contributed by atoms with Gasteiger partial charge in [0.05, 0.1) is 7.11 Å². The van der Waals surface area contributed by atoms with Crippen molar-refractivity contribution in [2.24, 2.45) is 17.8 Å². The highest BCUT2D eigenvalue weighted by Gasteiger charge is 2.52. The molecule has 0 unspecified atom stereocenters. The number of benzene rings is 2. The molecule has 1 heteroatoms. The second kappa shape index (κ2) is 5.37. The van der Waals surface area contributed by atoms with E-state index in [9.17, 15) is 0 Å². The summed E-state index contributed by atoms with van der Waals surface area (Å²) in [6.07, 6.45) is 8.61. The minimum absolute atomic E-state index is 0.380. The van der Waals surface area contributed by atoms with E-state index in [1.807, 2.05) is 7.11 Å². The summed E-state index contributed by atoms with van der Waals surface area (Å²) in [6.45, 7) is 0. The van der Waals surface area contributed by atoms with Crippen LogP contribution in [0.4, 0.5) is 0 Å². The molecule has 0 amide bonds. The van der Waals surface area contributed by atoms with E-state index >= 15 is 0 Å². The Bertz CT molecular complexity index is 711. The average molecular weight is 318 g/mol. The summed E-state index contributed by atoms with van der Waals surface area (Å²) in [5.74, 6) is 3.99. The van der Waals surface area contributed by atoms with Crippen molar-refractivity contribution in [3.8, 4) is 16.9 Å². The Labute approximate surface area is 145 Å². The van der Waals surface area contributed by atoms with Gasteiger partial charge in [-0.15, -0.1) is 0 Å². The Hall–Kier alpha value is -1.76. The van der Waals surface area contributed by atoms with Gasteiger partial charge in [0, 0.05) is 5.56 Å². The zero-order valence-electron chi connectivity index (χ0n) is 14.5. The zero-order valence-corrected chi connectivity index (χ0v) is 14.5. The van der Waals surface area contributed by atoms with Gasteiger partial charge in [0.25, 0.3) is 0 Å². The highest BCUT2D eigenvalue weighted by molar-refractivity contribution is 5.66. The standard InChI is InChI=1S/C23H26O/c1-24-22-8-7-20(19-5-3-2-4-6-19)12-21(22)23-13-16-9-17(14-23)11-18(10-16)15-23/h2-8,12,16-18H,9-11,13-15H2,1H3. The first kappa shape index (κ1) is 14.6. The monoisotopic (exact) mass is 318 g/mol. The van der Waals surface area contributed by atoms with Crippen LogP contribution in [0.25, 0.3) is 11.1 Å². The van der Waals surface area contributed by atoms with Gasteiger partial charge < -0.3 is 4.74 Å². The minimum atomic E-state index is 0.380. The first-order valence-corrected chi connectivity index (χ1v) is 9.50. The maximum Gasteiger partial charge on any atom is 0.122 e. The molecule has 0 radical (unpaired) electrons. The van der Waals surface area contributed by atoms with Gasteiger partial charge in [-0.25, -0.2) is 0 Å². The van der Waals surface area contributed by atoms with E-state index in [0.29, 0.717) is 5.41 Å². The Morgan fingerprint density at radius 1 is 0.792 bits per heavy atom. The summed E-state index contributed by atoms with van der Waals surface area (Å²) in [6, 6.07) is 17.6. The van der Waals surface area contributed by atoms with Gasteiger partial charge in [-0.2, -0.15) is 0 Å². The van der Waals surface area contributed by atoms with Crippen LogP contribution in [-0.2, 0) is 5.41 Å². The summed E-state index contributed by atoms with van der Waals surface area (Å²) >= 11 is 0. The van der Waals surface area contributed by atoms with Crippen molar-refractivity contribution in [2.45, 2.75) is 43.9 Å². The van der Waals surface area contributed by atoms with E-state index in [1.165, 1.54) is 55.2 Å². The lowest BCUT2D eigenvalue weighted by Gasteiger charge is -2.57. The second-order valence-corrected chi connectivity index (χ2v) is 8.48. The van der Waals surface area contributed by atoms with Crippen LogP contribution in [0.2, 0.25) is 0 Å². The third-order valence-electron chi connectivity index (χ3n) is 6.92. The van der Waals surface area contributed by atoms with E-state index in [4.69, 9.17) is 4.74 Å². The first-order valence-electron chi connectivity index (χ1n) is 9.50. The molecule has 2 aromatic carbocycles. The van der Waals surface area contributed by atoms with Crippen molar-refractivity contribution < 1.29 is 4.74 Å². The van der Waals surface area contributed by atoms with Crippen LogP contribution in [0, 0.1) is 17.8 Å². The van der Waals surface area contributed by atoms with Crippen LogP contribution in [0.15, 0.2) is 48.5 Å². The number of methoxy groups -OCH3 is 1. The summed E-state index contributed by atoms with van der Waals surface area (Å²) < 4.78 is 5.83. The lowest BCUT2D eigenvalue weighted by Crippen LogP contribution is -2.48. The van der Waals surface area contributed by atoms with Crippen LogP contribution >= 0.6 is 0 Å². The highest BCUT2D eigenvalue weighted by Crippen LogP contribution is 2.62. The predicted octanol–water partition coefficient (Wildman–Crippen LogP) is 5.83. The Morgan fingerprint density at radius 2 is 1.42 bits per heavy atom. The summed E-state index contributed by atoms with van der Waals surface area (Å²) in [5.41, 5.74) is 4.52. The van der Waals surface area contributed by atoms with Crippen LogP contribution < -0.4 is 4.74 Å². The molecule has 0 saturated heterocycles. The Kier molecular flexibility index (Phi) is 3.26. The van der Waals surface area contributed by atoms with Crippen LogP contribution in [-0.4, -0.2) is 7.11 Å². The fourth-order valence-electron chi connectivity index (χ4n) is 6.37. The molecule has 6 rings (SSSR count). The van der Waals surface area contributed by atoms with Crippen molar-refractivity contribution in [1.82, 2.24) is 0 Å². The molecule has 4 bridgehead atoms. The summed E-state index contributed by atoms with van der Waals surface area (Å²) in [4.78, 5) is 0. The number of rotatable bonds is 3. The second-order valence-electron chi connectivity index (χ2n) is 8.48. The Balaban J connectivity index is 1.62. The maximum absolute atomic E-state index is 5.83. The van der Waals surface area contributed by atoms with Crippen LogP contribution in [0.3, 0.4) is 0 Å². The largest absolute Gasteiger partial charge is 0.496 e. The average Bonchev–Trinajstić information content (AvgIpc) is 2.61. The van der Waals surface area contributed by atoms with Gasteiger partial charge in [0.15, 0.2) is 0 Å². The van der Waals surface area contributed by atoms with Crippen molar-refractivity contribution in [3.63, 3.8) is 0 Å². The van der Waals surface area contributed by atoms with E-state index in [0.717, 1.165) is 23.5 Å². The molecule has 0 atom stereocenters. The zero-order chi connectivity index (χ0) is 16.1. The maximum atomic E-state index is 5.83. The lowest BCUT2D eigenvalue weighted by molar-refractivity contribution is -0.00613. The molecule has 0 aliphatic heterocycles. The molecule has 4 aliphatic rings. The summed E-state index contributed by atoms with van der Waals surface area (Å²) in [7, 11) is 1.83. The molecule has 1 nitrogen and oxygen atoms in total. The molecule has 4 aliphatic carbocycles. The van der Waals surface area contributed by atoms with Crippen molar-refractivity contribution in [3.05, 3.63) is 54.1 Å². The van der Waals surface area contributed by atoms with Gasteiger partial charge in [0.1, 0.15) is 5.75 Å². The van der Waals surface area contributed by atoms with Crippen molar-refractivity contribution in [1.29, 1.82) is 0 Å². The molecule has 24 heavy (non-hydrogen) atoms. The molecular weight excluding hydrogens is 292 g/mol. The third kappa shape index (κ3) is 2.21. The number of hydrogen-bond donors (Lipinski definition) is 0. The molecule has 0 aromatic heterocycles. The Morgan fingerprint density at radius 3 is 2.00 bits per heavy atom. The number of ether oxygens (including phenoxy) is 1. The van der Waals surface area contributed by atoms with E-state index in [-0.39, 0.29) is 0 Å². The smallest absolute Gasteiger partial charge is 0.122 e. The van der Waals surface area contributed by atoms with Crippen molar-refractivity contribution >= 4 is 0 Å². The number of hydrogen-bond acceptors (Lipinski definition) is 1. The van der Waals surface area contributed by atoms with Crippen molar-refractivity contribution in [2.75, 3.05) is 7.11 Å². The normalized spacial score (nSPS) is 33.6. The van der Waals surface area contributed by atoms with Crippen LogP contribution in [0.5, 0.6) is 5.75 Å². The minimum Gasteiger partial charge on any atom is -0.496 e. The van der Waals surface area contributed by atoms with E-state index < -0.39 is 0 Å². The molecular formula is C23H26O. The molecule has 2 aromatic rings. The van der Waals surface area contributed by atoms with Gasteiger partial charge in [0.2, 0.25) is 0 Å². The highest BCUT2D eigenvalue weighted by atomic mass is 16.5. The van der Waals surface area contributed by atoms with E-state index in [2.05, 4.69) is 48.5 Å². The fourth-order valence-corrected chi connectivity index (χ4v) is 6.37. The summed E-state index contributed by atoms with van der Waals surface area (Å²) in [5, 5.41) is 0. The third-order valence-corrected chi connectivity index (χ3v) is 6.92. The molecule has 124 valence electrons. The SMILES string of the molecule is COc1ccc(-c2ccccc2)cc1C12CC3CC(CC(C3)C1)C2. The molecule has 0 heterocycles. The van der Waals surface area contributed by atoms with Gasteiger partial charge in [-0.3, -0.25) is 0 Å². The lowest BCUT2D eigenvalue weighted by atomic mass is 9.48. The van der Waals surface area contributed by atoms with Gasteiger partial charge >= 0.3 is 0 Å². The van der Waals surface area contributed by atoms with E-state index in [1.54, 1.807) is 0 Å². The quantitative estimate of drug-likeness (QED) is 0.692. The first-order chi connectivity index (χ1) is 11.8.